The summed E-state index contributed by atoms with van der Waals surface area (Å²) in [6.45, 7) is 3.94. The van der Waals surface area contributed by atoms with Crippen LogP contribution in [0.2, 0.25) is 0 Å². The van der Waals surface area contributed by atoms with Crippen molar-refractivity contribution in [1.82, 2.24) is 4.90 Å². The van der Waals surface area contributed by atoms with Gasteiger partial charge in [-0.15, -0.1) is 0 Å². The van der Waals surface area contributed by atoms with E-state index >= 15 is 0 Å². The van der Waals surface area contributed by atoms with Gasteiger partial charge in [0.1, 0.15) is 19.0 Å². The number of likely N-dealkylation sites (tertiary alicyclic amines) is 1. The number of ether oxygens (including phenoxy) is 2. The molecular weight excluding hydrogens is 396 g/mol. The molecule has 2 aliphatic heterocycles. The summed E-state index contributed by atoms with van der Waals surface area (Å²) in [7, 11) is 3.99. The number of carbonyl (C=O) groups excluding carboxylic acids is 2. The van der Waals surface area contributed by atoms with E-state index in [2.05, 4.69) is 0 Å². The predicted octanol–water partition coefficient (Wildman–Crippen LogP) is 1.33. The van der Waals surface area contributed by atoms with E-state index < -0.39 is 17.7 Å². The van der Waals surface area contributed by atoms with Crippen LogP contribution >= 0.6 is 0 Å². The summed E-state index contributed by atoms with van der Waals surface area (Å²) in [5, 5.41) is 11.2. The second-order valence-corrected chi connectivity index (χ2v) is 8.22. The van der Waals surface area contributed by atoms with Crippen LogP contribution in [0.3, 0.4) is 0 Å². The Morgan fingerprint density at radius 3 is 2.42 bits per heavy atom. The Balaban J connectivity index is 1.81. The lowest BCUT2D eigenvalue weighted by molar-refractivity contribution is -0.857. The number of Topliss-reactive ketones (excluding diaryl/α,β-unsaturated/α-hetero) is 1. The smallest absolute Gasteiger partial charge is 0.295 e. The monoisotopic (exact) mass is 423 g/mol. The molecule has 4 rings (SSSR count). The maximum Gasteiger partial charge on any atom is 0.295 e. The zero-order valence-electron chi connectivity index (χ0n) is 18.0. The molecule has 2 aliphatic rings. The van der Waals surface area contributed by atoms with Gasteiger partial charge in [-0.2, -0.15) is 0 Å². The van der Waals surface area contributed by atoms with Gasteiger partial charge in [-0.25, -0.2) is 0 Å². The number of hydrogen-bond acceptors (Lipinski definition) is 5. The minimum absolute atomic E-state index is 0.0966. The van der Waals surface area contributed by atoms with Crippen LogP contribution in [-0.2, 0) is 9.59 Å². The minimum atomic E-state index is -0.674. The number of hydrogen-bond donors (Lipinski definition) is 2. The SMILES string of the molecule is Cc1ccc([C@H]2C(=C(O)c3ccc4c(c3)OCCO4)C(=O)C(=O)N2CC[NH+](C)C)cc1. The third kappa shape index (κ3) is 4.01. The Kier molecular flexibility index (Phi) is 5.69. The third-order valence-corrected chi connectivity index (χ3v) is 5.60. The van der Waals surface area contributed by atoms with E-state index in [1.165, 1.54) is 0 Å². The molecule has 0 radical (unpaired) electrons. The Morgan fingerprint density at radius 2 is 1.74 bits per heavy atom. The van der Waals surface area contributed by atoms with Crippen LogP contribution in [0, 0.1) is 6.92 Å². The fourth-order valence-corrected chi connectivity index (χ4v) is 3.90. The van der Waals surface area contributed by atoms with E-state index in [1.54, 1.807) is 23.1 Å². The molecule has 0 spiro atoms. The molecule has 1 fully saturated rings. The number of quaternary nitrogens is 1. The van der Waals surface area contributed by atoms with E-state index in [9.17, 15) is 14.7 Å². The normalized spacial score (nSPS) is 19.9. The van der Waals surface area contributed by atoms with E-state index in [1.807, 2.05) is 45.3 Å². The number of aryl methyl sites for hydroxylation is 1. The Labute approximate surface area is 181 Å². The predicted molar refractivity (Wildman–Crippen MR) is 115 cm³/mol. The number of carbonyl (C=O) groups is 2. The van der Waals surface area contributed by atoms with Gasteiger partial charge in [-0.05, 0) is 30.7 Å². The summed E-state index contributed by atoms with van der Waals surface area (Å²) in [6.07, 6.45) is 0. The Morgan fingerprint density at radius 1 is 1.06 bits per heavy atom. The summed E-state index contributed by atoms with van der Waals surface area (Å²) >= 11 is 0. The number of aliphatic hydroxyl groups is 1. The summed E-state index contributed by atoms with van der Waals surface area (Å²) < 4.78 is 11.2. The number of benzene rings is 2. The molecule has 0 bridgehead atoms. The van der Waals surface area contributed by atoms with Gasteiger partial charge in [-0.3, -0.25) is 9.59 Å². The number of nitrogens with one attached hydrogen (secondary N) is 1. The molecule has 1 saturated heterocycles. The van der Waals surface area contributed by atoms with E-state index in [0.717, 1.165) is 16.0 Å². The fourth-order valence-electron chi connectivity index (χ4n) is 3.90. The lowest BCUT2D eigenvalue weighted by Gasteiger charge is -2.26. The second-order valence-electron chi connectivity index (χ2n) is 8.22. The van der Waals surface area contributed by atoms with Crippen molar-refractivity contribution in [1.29, 1.82) is 0 Å². The number of fused-ring (bicyclic) bond motifs is 1. The van der Waals surface area contributed by atoms with Crippen molar-refractivity contribution in [3.63, 3.8) is 0 Å². The zero-order chi connectivity index (χ0) is 22.1. The Bertz CT molecular complexity index is 1040. The van der Waals surface area contributed by atoms with E-state index in [4.69, 9.17) is 9.47 Å². The summed E-state index contributed by atoms with van der Waals surface area (Å²) in [5.74, 6) is -0.377. The lowest BCUT2D eigenvalue weighted by Crippen LogP contribution is -3.06. The average molecular weight is 423 g/mol. The van der Waals surface area contributed by atoms with Crippen LogP contribution in [0.25, 0.3) is 5.76 Å². The summed E-state index contributed by atoms with van der Waals surface area (Å²) in [5.41, 5.74) is 2.37. The highest BCUT2D eigenvalue weighted by atomic mass is 16.6. The zero-order valence-corrected chi connectivity index (χ0v) is 18.0. The first-order valence-electron chi connectivity index (χ1n) is 10.4. The maximum atomic E-state index is 13.0. The van der Waals surface area contributed by atoms with Crippen LogP contribution in [0.5, 0.6) is 11.5 Å². The number of aliphatic hydroxyl groups excluding tert-OH is 1. The molecule has 1 atom stereocenters. The van der Waals surface area contributed by atoms with E-state index in [-0.39, 0.29) is 11.3 Å². The van der Waals surface area contributed by atoms with Gasteiger partial charge < -0.3 is 24.4 Å². The highest BCUT2D eigenvalue weighted by molar-refractivity contribution is 6.46. The van der Waals surface area contributed by atoms with E-state index in [0.29, 0.717) is 43.4 Å². The van der Waals surface area contributed by atoms with Gasteiger partial charge in [0.15, 0.2) is 11.5 Å². The van der Waals surface area contributed by atoms with Crippen LogP contribution in [0.15, 0.2) is 48.0 Å². The van der Waals surface area contributed by atoms with Gasteiger partial charge in [0, 0.05) is 5.56 Å². The molecule has 162 valence electrons. The summed E-state index contributed by atoms with van der Waals surface area (Å²) in [4.78, 5) is 28.7. The van der Waals surface area contributed by atoms with Gasteiger partial charge in [-0.1, -0.05) is 29.8 Å². The molecule has 31 heavy (non-hydrogen) atoms. The first kappa shape index (κ1) is 20.9. The molecule has 2 aromatic carbocycles. The molecule has 2 heterocycles. The largest absolute Gasteiger partial charge is 0.507 e. The van der Waals surface area contributed by atoms with Crippen LogP contribution < -0.4 is 14.4 Å². The minimum Gasteiger partial charge on any atom is -0.507 e. The van der Waals surface area contributed by atoms with Crippen molar-refractivity contribution >= 4 is 17.4 Å². The molecule has 0 unspecified atom stereocenters. The first-order valence-corrected chi connectivity index (χ1v) is 10.4. The van der Waals surface area contributed by atoms with Crippen molar-refractivity contribution in [2.24, 2.45) is 0 Å². The number of likely N-dealkylation sites (N-methyl/N-ethyl adjacent to an activating group) is 1. The van der Waals surface area contributed by atoms with Crippen molar-refractivity contribution < 1.29 is 29.1 Å². The van der Waals surface area contributed by atoms with Crippen LogP contribution in [0.4, 0.5) is 0 Å². The van der Waals surface area contributed by atoms with Crippen LogP contribution in [0.1, 0.15) is 22.7 Å². The third-order valence-electron chi connectivity index (χ3n) is 5.60. The fraction of sp³-hybridized carbons (Fsp3) is 0.333. The van der Waals surface area contributed by atoms with Gasteiger partial charge >= 0.3 is 0 Å². The van der Waals surface area contributed by atoms with Gasteiger partial charge in [0.05, 0.1) is 38.8 Å². The highest BCUT2D eigenvalue weighted by Crippen LogP contribution is 2.40. The molecule has 2 aromatic rings. The Hall–Kier alpha value is -3.32. The molecular formula is C24H27N2O5+. The van der Waals surface area contributed by atoms with Crippen molar-refractivity contribution in [2.75, 3.05) is 40.4 Å². The van der Waals surface area contributed by atoms with Crippen molar-refractivity contribution in [3.8, 4) is 11.5 Å². The molecule has 0 aliphatic carbocycles. The highest BCUT2D eigenvalue weighted by Gasteiger charge is 2.46. The topological polar surface area (TPSA) is 80.5 Å². The molecule has 0 saturated carbocycles. The average Bonchev–Trinajstić information content (AvgIpc) is 3.02. The quantitative estimate of drug-likeness (QED) is 0.431. The van der Waals surface area contributed by atoms with Crippen molar-refractivity contribution in [3.05, 3.63) is 64.7 Å². The standard InChI is InChI=1S/C24H26N2O5/c1-15-4-6-16(7-5-15)21-20(23(28)24(29)26(21)11-10-25(2)3)22(27)17-8-9-18-19(14-17)31-13-12-30-18/h4-9,14,21,27H,10-13H2,1-3H3/p+1/t21-/m0/s1. The maximum absolute atomic E-state index is 13.0. The van der Waals surface area contributed by atoms with Crippen molar-refractivity contribution in [2.45, 2.75) is 13.0 Å². The number of rotatable bonds is 5. The van der Waals surface area contributed by atoms with Crippen LogP contribution in [-0.4, -0.2) is 62.1 Å². The molecule has 0 aromatic heterocycles. The second kappa shape index (κ2) is 8.43. The molecule has 1 amide bonds. The number of ketones is 1. The number of amides is 1. The van der Waals surface area contributed by atoms with Gasteiger partial charge in [0.25, 0.3) is 11.7 Å². The number of nitrogens with zero attached hydrogens (tertiary/aromatic N) is 1. The molecule has 2 N–H and O–H groups in total. The summed E-state index contributed by atoms with van der Waals surface area (Å²) in [6, 6.07) is 12.1. The molecule has 7 nitrogen and oxygen atoms in total. The molecule has 7 heteroatoms. The lowest BCUT2D eigenvalue weighted by atomic mass is 9.94. The van der Waals surface area contributed by atoms with Gasteiger partial charge in [0.2, 0.25) is 0 Å². The first-order chi connectivity index (χ1) is 14.9.